The van der Waals surface area contributed by atoms with Gasteiger partial charge >= 0.3 is 0 Å². The summed E-state index contributed by atoms with van der Waals surface area (Å²) in [5, 5.41) is 0.516. The molecule has 3 nitrogen and oxygen atoms in total. The maximum atomic E-state index is 5.87. The normalized spacial score (nSPS) is 16.3. The number of aromatic nitrogens is 1. The molecule has 1 aliphatic carbocycles. The Morgan fingerprint density at radius 3 is 2.94 bits per heavy atom. The molecule has 1 saturated carbocycles. The van der Waals surface area contributed by atoms with Crippen molar-refractivity contribution in [3.05, 3.63) is 28.5 Å². The lowest BCUT2D eigenvalue weighted by atomic mass is 10.1. The fraction of sp³-hybridized carbons (Fsp3) is 0.500. The van der Waals surface area contributed by atoms with E-state index in [1.165, 1.54) is 0 Å². The number of rotatable bonds is 3. The molecule has 16 heavy (non-hydrogen) atoms. The van der Waals surface area contributed by atoms with Crippen LogP contribution < -0.4 is 0 Å². The van der Waals surface area contributed by atoms with Crippen molar-refractivity contribution in [3.8, 4) is 0 Å². The monoisotopic (exact) mass is 238 g/mol. The van der Waals surface area contributed by atoms with Gasteiger partial charge in [0.25, 0.3) is 0 Å². The minimum atomic E-state index is 0.346. The lowest BCUT2D eigenvalue weighted by Gasteiger charge is -2.11. The van der Waals surface area contributed by atoms with E-state index in [4.69, 9.17) is 16.3 Å². The molecule has 0 atom stereocenters. The highest BCUT2D eigenvalue weighted by Crippen LogP contribution is 2.26. The average molecular weight is 239 g/mol. The minimum absolute atomic E-state index is 0.346. The van der Waals surface area contributed by atoms with Crippen LogP contribution in [-0.4, -0.2) is 24.0 Å². The van der Waals surface area contributed by atoms with Gasteiger partial charge in [-0.2, -0.15) is 0 Å². The average Bonchev–Trinajstić information content (AvgIpc) is 3.10. The first-order chi connectivity index (χ1) is 7.74. The largest absolute Gasteiger partial charge is 0.474 e. The van der Waals surface area contributed by atoms with Gasteiger partial charge in [0.1, 0.15) is 11.3 Å². The summed E-state index contributed by atoms with van der Waals surface area (Å²) in [7, 11) is 1.74. The van der Waals surface area contributed by atoms with E-state index in [-0.39, 0.29) is 0 Å². The van der Waals surface area contributed by atoms with Gasteiger partial charge in [0.2, 0.25) is 5.90 Å². The topological polar surface area (TPSA) is 34.5 Å². The Kier molecular flexibility index (Phi) is 3.44. The summed E-state index contributed by atoms with van der Waals surface area (Å²) in [6.45, 7) is 2.08. The predicted octanol–water partition coefficient (Wildman–Crippen LogP) is 2.85. The highest BCUT2D eigenvalue weighted by atomic mass is 35.5. The van der Waals surface area contributed by atoms with Crippen molar-refractivity contribution < 1.29 is 4.74 Å². The quantitative estimate of drug-likeness (QED) is 0.461. The summed E-state index contributed by atoms with van der Waals surface area (Å²) in [5.41, 5.74) is 2.09. The molecular formula is C12H15ClN2O. The second-order valence-electron chi connectivity index (χ2n) is 3.86. The van der Waals surface area contributed by atoms with Crippen LogP contribution in [0.25, 0.3) is 0 Å². The van der Waals surface area contributed by atoms with Crippen molar-refractivity contribution in [2.45, 2.75) is 32.3 Å². The van der Waals surface area contributed by atoms with E-state index in [1.54, 1.807) is 13.2 Å². The molecule has 0 aliphatic heterocycles. The molecule has 1 fully saturated rings. The third-order valence-corrected chi connectivity index (χ3v) is 2.78. The van der Waals surface area contributed by atoms with Gasteiger partial charge in [0, 0.05) is 13.2 Å². The second kappa shape index (κ2) is 4.83. The second-order valence-corrected chi connectivity index (χ2v) is 4.25. The van der Waals surface area contributed by atoms with Crippen LogP contribution in [0.4, 0.5) is 0 Å². The van der Waals surface area contributed by atoms with Crippen LogP contribution in [0.5, 0.6) is 0 Å². The summed E-state index contributed by atoms with van der Waals surface area (Å²) >= 11 is 5.87. The molecule has 0 amide bonds. The number of hydrogen-bond donors (Lipinski definition) is 0. The van der Waals surface area contributed by atoms with Crippen molar-refractivity contribution >= 4 is 17.5 Å². The zero-order chi connectivity index (χ0) is 11.5. The first-order valence-electron chi connectivity index (χ1n) is 5.52. The van der Waals surface area contributed by atoms with Gasteiger partial charge in [-0.15, -0.1) is 0 Å². The van der Waals surface area contributed by atoms with E-state index in [1.807, 2.05) is 6.07 Å². The van der Waals surface area contributed by atoms with Gasteiger partial charge in [-0.05, 0) is 30.9 Å². The van der Waals surface area contributed by atoms with Crippen molar-refractivity contribution in [2.24, 2.45) is 4.99 Å². The van der Waals surface area contributed by atoms with Gasteiger partial charge in [-0.1, -0.05) is 18.5 Å². The van der Waals surface area contributed by atoms with Crippen molar-refractivity contribution in [3.63, 3.8) is 0 Å². The Bertz CT molecular complexity index is 413. The molecule has 0 N–H and O–H groups in total. The third-order valence-electron chi connectivity index (χ3n) is 2.57. The van der Waals surface area contributed by atoms with E-state index in [0.717, 1.165) is 30.4 Å². The SMILES string of the molecule is CCc1cc(Cl)ncc1/C(=N\C)OC1CC1. The van der Waals surface area contributed by atoms with E-state index in [0.29, 0.717) is 17.2 Å². The van der Waals surface area contributed by atoms with Crippen LogP contribution in [0.3, 0.4) is 0 Å². The standard InChI is InChI=1S/C12H15ClN2O/c1-3-8-6-11(13)15-7-10(8)12(14-2)16-9-4-5-9/h6-7,9H,3-5H2,1-2H3/b14-12+. The van der Waals surface area contributed by atoms with E-state index in [2.05, 4.69) is 16.9 Å². The molecule has 0 radical (unpaired) electrons. The molecule has 0 aromatic carbocycles. The number of halogens is 1. The fourth-order valence-corrected chi connectivity index (χ4v) is 1.71. The molecule has 0 bridgehead atoms. The smallest absolute Gasteiger partial charge is 0.217 e. The Morgan fingerprint density at radius 1 is 1.62 bits per heavy atom. The zero-order valence-electron chi connectivity index (χ0n) is 9.53. The Balaban J connectivity index is 2.28. The highest BCUT2D eigenvalue weighted by molar-refractivity contribution is 6.29. The summed E-state index contributed by atoms with van der Waals surface area (Å²) in [4.78, 5) is 8.28. The lowest BCUT2D eigenvalue weighted by molar-refractivity contribution is 0.290. The van der Waals surface area contributed by atoms with Crippen molar-refractivity contribution in [2.75, 3.05) is 7.05 Å². The number of ether oxygens (including phenoxy) is 1. The number of hydrogen-bond acceptors (Lipinski definition) is 3. The molecule has 1 aromatic heterocycles. The summed E-state index contributed by atoms with van der Waals surface area (Å²) < 4.78 is 5.75. The molecule has 1 aliphatic rings. The van der Waals surface area contributed by atoms with E-state index in [9.17, 15) is 0 Å². The van der Waals surface area contributed by atoms with Crippen LogP contribution in [0.15, 0.2) is 17.3 Å². The minimum Gasteiger partial charge on any atom is -0.474 e. The molecule has 1 heterocycles. The fourth-order valence-electron chi connectivity index (χ4n) is 1.53. The molecule has 86 valence electrons. The third kappa shape index (κ3) is 2.53. The molecule has 1 aromatic rings. The zero-order valence-corrected chi connectivity index (χ0v) is 10.3. The Labute approximate surface area is 101 Å². The summed E-state index contributed by atoms with van der Waals surface area (Å²) in [5.74, 6) is 0.684. The highest BCUT2D eigenvalue weighted by Gasteiger charge is 2.26. The summed E-state index contributed by atoms with van der Waals surface area (Å²) in [6, 6.07) is 1.87. The van der Waals surface area contributed by atoms with Crippen LogP contribution in [0.2, 0.25) is 5.15 Å². The van der Waals surface area contributed by atoms with E-state index >= 15 is 0 Å². The van der Waals surface area contributed by atoms with Crippen LogP contribution in [0.1, 0.15) is 30.9 Å². The van der Waals surface area contributed by atoms with Gasteiger partial charge < -0.3 is 4.74 Å². The number of aryl methyl sites for hydroxylation is 1. The van der Waals surface area contributed by atoms with Crippen LogP contribution in [-0.2, 0) is 11.2 Å². The Morgan fingerprint density at radius 2 is 2.38 bits per heavy atom. The van der Waals surface area contributed by atoms with Gasteiger partial charge in [-0.25, -0.2) is 4.98 Å². The molecule has 0 saturated heterocycles. The number of pyridine rings is 1. The lowest BCUT2D eigenvalue weighted by Crippen LogP contribution is -2.11. The molecule has 0 spiro atoms. The van der Waals surface area contributed by atoms with Gasteiger partial charge in [-0.3, -0.25) is 4.99 Å². The van der Waals surface area contributed by atoms with Crippen LogP contribution in [0, 0.1) is 0 Å². The molecule has 2 rings (SSSR count). The van der Waals surface area contributed by atoms with Gasteiger partial charge in [0.15, 0.2) is 0 Å². The van der Waals surface area contributed by atoms with Crippen molar-refractivity contribution in [1.82, 2.24) is 4.98 Å². The molecule has 4 heteroatoms. The Hall–Kier alpha value is -1.09. The van der Waals surface area contributed by atoms with Crippen molar-refractivity contribution in [1.29, 1.82) is 0 Å². The number of nitrogens with zero attached hydrogens (tertiary/aromatic N) is 2. The maximum Gasteiger partial charge on any atom is 0.217 e. The first kappa shape index (κ1) is 11.4. The van der Waals surface area contributed by atoms with Crippen LogP contribution >= 0.6 is 11.6 Å². The molecule has 0 unspecified atom stereocenters. The predicted molar refractivity (Wildman–Crippen MR) is 65.2 cm³/mol. The van der Waals surface area contributed by atoms with Gasteiger partial charge in [0.05, 0.1) is 5.56 Å². The summed E-state index contributed by atoms with van der Waals surface area (Å²) in [6.07, 6.45) is 5.23. The first-order valence-corrected chi connectivity index (χ1v) is 5.90. The maximum absolute atomic E-state index is 5.87. The van der Waals surface area contributed by atoms with E-state index < -0.39 is 0 Å². The molecular weight excluding hydrogens is 224 g/mol. The number of aliphatic imine (C=N–C) groups is 1.